The van der Waals surface area contributed by atoms with Gasteiger partial charge < -0.3 is 19.8 Å². The van der Waals surface area contributed by atoms with E-state index in [1.54, 1.807) is 0 Å². The van der Waals surface area contributed by atoms with Crippen LogP contribution in [-0.2, 0) is 20.5 Å². The van der Waals surface area contributed by atoms with Crippen LogP contribution in [0.5, 0.6) is 0 Å². The number of benzene rings is 1. The lowest BCUT2D eigenvalue weighted by Gasteiger charge is -2.14. The maximum atomic E-state index is 12.5. The molecule has 7 nitrogen and oxygen atoms in total. The number of carbonyl (C=O) groups excluding carboxylic acids is 3. The van der Waals surface area contributed by atoms with Crippen LogP contribution in [-0.4, -0.2) is 30.4 Å². The number of ether oxygens (including phenoxy) is 1. The summed E-state index contributed by atoms with van der Waals surface area (Å²) in [6.45, 7) is 0.795. The van der Waals surface area contributed by atoms with Crippen LogP contribution in [0.3, 0.4) is 0 Å². The molecule has 1 heterocycles. The van der Waals surface area contributed by atoms with Gasteiger partial charge in [0.1, 0.15) is 6.54 Å². The number of halogens is 3. The Balaban J connectivity index is 1.80. The summed E-state index contributed by atoms with van der Waals surface area (Å²) in [5, 5.41) is 4.58. The second-order valence-corrected chi connectivity index (χ2v) is 5.36. The SMILES string of the molecule is C[C@H](OC(=O)CNC(=O)c1ccco1)C(=O)Nc1ccc(C(F)(F)F)cc1. The molecule has 1 aromatic carbocycles. The normalized spacial score (nSPS) is 12.1. The van der Waals surface area contributed by atoms with Gasteiger partial charge in [-0.05, 0) is 43.3 Å². The minimum absolute atomic E-state index is 0.0101. The number of hydrogen-bond donors (Lipinski definition) is 2. The number of nitrogens with one attached hydrogen (secondary N) is 2. The Kier molecular flexibility index (Phi) is 6.22. The summed E-state index contributed by atoms with van der Waals surface area (Å²) in [5.41, 5.74) is -0.741. The third-order valence-electron chi connectivity index (χ3n) is 3.30. The van der Waals surface area contributed by atoms with E-state index in [2.05, 4.69) is 10.6 Å². The lowest BCUT2D eigenvalue weighted by molar-refractivity contribution is -0.152. The highest BCUT2D eigenvalue weighted by Gasteiger charge is 2.30. The number of anilines is 1. The molecule has 10 heteroatoms. The molecule has 0 fully saturated rings. The molecule has 0 saturated heterocycles. The molecule has 0 bridgehead atoms. The first-order valence-electron chi connectivity index (χ1n) is 7.66. The van der Waals surface area contributed by atoms with Crippen molar-refractivity contribution in [1.29, 1.82) is 0 Å². The maximum Gasteiger partial charge on any atom is 0.416 e. The first-order chi connectivity index (χ1) is 12.7. The van der Waals surface area contributed by atoms with Gasteiger partial charge in [-0.3, -0.25) is 14.4 Å². The van der Waals surface area contributed by atoms with Gasteiger partial charge in [-0.1, -0.05) is 0 Å². The molecule has 2 rings (SSSR count). The van der Waals surface area contributed by atoms with E-state index in [4.69, 9.17) is 9.15 Å². The fourth-order valence-corrected chi connectivity index (χ4v) is 1.93. The van der Waals surface area contributed by atoms with Gasteiger partial charge in [0.15, 0.2) is 11.9 Å². The Morgan fingerprint density at radius 1 is 1.15 bits per heavy atom. The zero-order chi connectivity index (χ0) is 20.0. The smallest absolute Gasteiger partial charge is 0.416 e. The first-order valence-corrected chi connectivity index (χ1v) is 7.66. The Labute approximate surface area is 151 Å². The Bertz CT molecular complexity index is 801. The van der Waals surface area contributed by atoms with Gasteiger partial charge in [-0.15, -0.1) is 0 Å². The zero-order valence-electron chi connectivity index (χ0n) is 14.0. The second-order valence-electron chi connectivity index (χ2n) is 5.36. The zero-order valence-corrected chi connectivity index (χ0v) is 14.0. The molecule has 2 amide bonds. The largest absolute Gasteiger partial charge is 0.459 e. The van der Waals surface area contributed by atoms with E-state index in [9.17, 15) is 27.6 Å². The molecule has 0 unspecified atom stereocenters. The number of rotatable bonds is 6. The lowest BCUT2D eigenvalue weighted by Crippen LogP contribution is -2.35. The fraction of sp³-hybridized carbons (Fsp3) is 0.235. The van der Waals surface area contributed by atoms with Crippen molar-refractivity contribution in [3.8, 4) is 0 Å². The summed E-state index contributed by atoms with van der Waals surface area (Å²) in [6.07, 6.45) is -4.41. The Hall–Kier alpha value is -3.30. The van der Waals surface area contributed by atoms with Crippen LogP contribution in [0.25, 0.3) is 0 Å². The predicted molar refractivity (Wildman–Crippen MR) is 86.7 cm³/mol. The lowest BCUT2D eigenvalue weighted by atomic mass is 10.2. The van der Waals surface area contributed by atoms with Crippen molar-refractivity contribution in [2.75, 3.05) is 11.9 Å². The van der Waals surface area contributed by atoms with Crippen LogP contribution in [0.2, 0.25) is 0 Å². The average molecular weight is 384 g/mol. The molecule has 1 aromatic heterocycles. The Morgan fingerprint density at radius 3 is 2.37 bits per heavy atom. The van der Waals surface area contributed by atoms with Crippen LogP contribution in [0.4, 0.5) is 18.9 Å². The number of esters is 1. The van der Waals surface area contributed by atoms with Crippen molar-refractivity contribution in [3.05, 3.63) is 54.0 Å². The number of amides is 2. The van der Waals surface area contributed by atoms with Gasteiger partial charge in [0.2, 0.25) is 0 Å². The van der Waals surface area contributed by atoms with Gasteiger partial charge in [0.05, 0.1) is 11.8 Å². The molecule has 0 radical (unpaired) electrons. The molecular weight excluding hydrogens is 369 g/mol. The van der Waals surface area contributed by atoms with Gasteiger partial charge in [-0.2, -0.15) is 13.2 Å². The van der Waals surface area contributed by atoms with Gasteiger partial charge in [0, 0.05) is 5.69 Å². The molecule has 0 aliphatic rings. The van der Waals surface area contributed by atoms with Crippen LogP contribution in [0.15, 0.2) is 47.1 Å². The van der Waals surface area contributed by atoms with Crippen LogP contribution in [0.1, 0.15) is 23.0 Å². The van der Waals surface area contributed by atoms with Crippen molar-refractivity contribution in [3.63, 3.8) is 0 Å². The fourth-order valence-electron chi connectivity index (χ4n) is 1.93. The van der Waals surface area contributed by atoms with Gasteiger partial charge >= 0.3 is 12.1 Å². The van der Waals surface area contributed by atoms with Crippen LogP contribution >= 0.6 is 0 Å². The molecule has 0 aliphatic carbocycles. The quantitative estimate of drug-likeness (QED) is 0.746. The molecule has 1 atom stereocenters. The van der Waals surface area contributed by atoms with Crippen molar-refractivity contribution in [1.82, 2.24) is 5.32 Å². The molecule has 0 saturated carbocycles. The van der Waals surface area contributed by atoms with E-state index in [0.717, 1.165) is 24.3 Å². The molecule has 144 valence electrons. The Morgan fingerprint density at radius 2 is 1.81 bits per heavy atom. The summed E-state index contributed by atoms with van der Waals surface area (Å²) < 4.78 is 47.2. The van der Waals surface area contributed by atoms with E-state index in [-0.39, 0.29) is 11.4 Å². The van der Waals surface area contributed by atoms with Crippen LogP contribution in [0, 0.1) is 0 Å². The van der Waals surface area contributed by atoms with E-state index in [1.165, 1.54) is 25.3 Å². The third kappa shape index (κ3) is 5.87. The highest BCUT2D eigenvalue weighted by atomic mass is 19.4. The maximum absolute atomic E-state index is 12.5. The summed E-state index contributed by atoms with van der Waals surface area (Å²) >= 11 is 0. The topological polar surface area (TPSA) is 97.6 Å². The minimum atomic E-state index is -4.48. The molecule has 0 spiro atoms. The molecular formula is C17H15F3N2O5. The third-order valence-corrected chi connectivity index (χ3v) is 3.30. The van der Waals surface area contributed by atoms with E-state index in [1.807, 2.05) is 0 Å². The molecule has 2 N–H and O–H groups in total. The standard InChI is InChI=1S/C17H15F3N2O5/c1-10(27-14(23)9-21-16(25)13-3-2-8-26-13)15(24)22-12-6-4-11(5-7-12)17(18,19)20/h2-8,10H,9H2,1H3,(H,21,25)(H,22,24)/t10-/m0/s1. The number of carbonyl (C=O) groups is 3. The summed E-state index contributed by atoms with van der Waals surface area (Å²) in [7, 11) is 0. The predicted octanol–water partition coefficient (Wildman–Crippen LogP) is 2.60. The van der Waals surface area contributed by atoms with Gasteiger partial charge in [-0.25, -0.2) is 0 Å². The van der Waals surface area contributed by atoms with E-state index >= 15 is 0 Å². The summed E-state index contributed by atoms with van der Waals surface area (Å²) in [6, 6.07) is 6.70. The summed E-state index contributed by atoms with van der Waals surface area (Å²) in [5.74, 6) is -2.22. The van der Waals surface area contributed by atoms with E-state index < -0.39 is 42.2 Å². The number of hydrogen-bond acceptors (Lipinski definition) is 5. The average Bonchev–Trinajstić information content (AvgIpc) is 3.14. The highest BCUT2D eigenvalue weighted by molar-refractivity contribution is 5.96. The van der Waals surface area contributed by atoms with Gasteiger partial charge in [0.25, 0.3) is 11.8 Å². The minimum Gasteiger partial charge on any atom is -0.459 e. The first kappa shape index (κ1) is 20.0. The van der Waals surface area contributed by atoms with Crippen molar-refractivity contribution in [2.24, 2.45) is 0 Å². The van der Waals surface area contributed by atoms with E-state index in [0.29, 0.717) is 0 Å². The van der Waals surface area contributed by atoms with Crippen LogP contribution < -0.4 is 10.6 Å². The van der Waals surface area contributed by atoms with Crippen molar-refractivity contribution >= 4 is 23.5 Å². The molecule has 27 heavy (non-hydrogen) atoms. The second kappa shape index (κ2) is 8.39. The molecule has 2 aromatic rings. The number of furan rings is 1. The summed E-state index contributed by atoms with van der Waals surface area (Å²) in [4.78, 5) is 35.2. The monoisotopic (exact) mass is 384 g/mol. The van der Waals surface area contributed by atoms with Crippen molar-refractivity contribution < 1.29 is 36.7 Å². The molecule has 0 aliphatic heterocycles. The number of alkyl halides is 3. The highest BCUT2D eigenvalue weighted by Crippen LogP contribution is 2.29. The van der Waals surface area contributed by atoms with Crippen molar-refractivity contribution in [2.45, 2.75) is 19.2 Å².